The summed E-state index contributed by atoms with van der Waals surface area (Å²) in [7, 11) is 1.52. The van der Waals surface area contributed by atoms with E-state index >= 15 is 0 Å². The molecule has 0 bridgehead atoms. The molecule has 7 nitrogen and oxygen atoms in total. The summed E-state index contributed by atoms with van der Waals surface area (Å²) in [4.78, 5) is 21.5. The molecule has 2 aliphatic heterocycles. The molecule has 10 heteroatoms. The quantitative estimate of drug-likeness (QED) is 0.439. The number of carbonyl (C=O) groups is 1. The minimum absolute atomic E-state index is 0.0597. The molecule has 3 aromatic rings. The summed E-state index contributed by atoms with van der Waals surface area (Å²) >= 11 is 0. The van der Waals surface area contributed by atoms with Gasteiger partial charge >= 0.3 is 6.18 Å². The maximum atomic E-state index is 13.5. The Morgan fingerprint density at radius 2 is 1.89 bits per heavy atom. The van der Waals surface area contributed by atoms with E-state index in [4.69, 9.17) is 9.47 Å². The van der Waals surface area contributed by atoms with Gasteiger partial charge in [0.15, 0.2) is 5.75 Å². The van der Waals surface area contributed by atoms with Crippen LogP contribution in [0.25, 0.3) is 0 Å². The molecular formula is C28H23F3N4O3. The third-order valence-corrected chi connectivity index (χ3v) is 6.59. The molecule has 0 spiro atoms. The average molecular weight is 521 g/mol. The summed E-state index contributed by atoms with van der Waals surface area (Å²) < 4.78 is 51.8. The Labute approximate surface area is 217 Å². The monoisotopic (exact) mass is 520 g/mol. The highest BCUT2D eigenvalue weighted by Crippen LogP contribution is 2.42. The molecule has 0 unspecified atom stereocenters. The highest BCUT2D eigenvalue weighted by molar-refractivity contribution is 6.04. The number of aliphatic imine (C=N–C) groups is 1. The van der Waals surface area contributed by atoms with Gasteiger partial charge < -0.3 is 19.3 Å². The first-order valence-electron chi connectivity index (χ1n) is 11.9. The number of alkyl halides is 3. The van der Waals surface area contributed by atoms with Gasteiger partial charge in [0.25, 0.3) is 5.91 Å². The van der Waals surface area contributed by atoms with Crippen molar-refractivity contribution < 1.29 is 27.4 Å². The van der Waals surface area contributed by atoms with Crippen LogP contribution in [0.1, 0.15) is 34.0 Å². The number of hydrogen-bond acceptors (Lipinski definition) is 6. The highest BCUT2D eigenvalue weighted by atomic mass is 19.4. The lowest BCUT2D eigenvalue weighted by Crippen LogP contribution is -2.55. The molecule has 2 aliphatic rings. The van der Waals surface area contributed by atoms with Crippen molar-refractivity contribution in [3.05, 3.63) is 82.9 Å². The van der Waals surface area contributed by atoms with Crippen molar-refractivity contribution in [1.29, 1.82) is 5.26 Å². The molecule has 1 amide bonds. The second-order valence-electron chi connectivity index (χ2n) is 9.07. The van der Waals surface area contributed by atoms with Crippen LogP contribution in [0.4, 0.5) is 18.9 Å². The zero-order valence-electron chi connectivity index (χ0n) is 20.6. The minimum atomic E-state index is -4.53. The van der Waals surface area contributed by atoms with Crippen LogP contribution in [0.5, 0.6) is 17.2 Å². The number of carbonyl (C=O) groups excluding carboxylic acids is 1. The van der Waals surface area contributed by atoms with Crippen LogP contribution < -0.4 is 9.47 Å². The Bertz CT molecular complexity index is 1480. The molecule has 2 heterocycles. The lowest BCUT2D eigenvalue weighted by molar-refractivity contribution is -0.137. The van der Waals surface area contributed by atoms with Crippen molar-refractivity contribution in [2.24, 2.45) is 4.99 Å². The summed E-state index contributed by atoms with van der Waals surface area (Å²) in [5, 5.41) is 9.18. The normalized spacial score (nSPS) is 16.8. The SMILES string of the molecule is COc1ccc2c(c1)C(N1CCN(C(=O)c3cccc(C#N)c3)[C@@H](C)C1)=Nc1cc(C(F)(F)F)ccc1O2. The third-order valence-electron chi connectivity index (χ3n) is 6.59. The number of nitriles is 1. The highest BCUT2D eigenvalue weighted by Gasteiger charge is 2.34. The molecule has 5 rings (SSSR count). The van der Waals surface area contributed by atoms with E-state index in [-0.39, 0.29) is 23.4 Å². The minimum Gasteiger partial charge on any atom is -0.497 e. The molecule has 0 radical (unpaired) electrons. The average Bonchev–Trinajstić information content (AvgIpc) is 3.08. The van der Waals surface area contributed by atoms with Crippen LogP contribution in [0, 0.1) is 11.3 Å². The fourth-order valence-electron chi connectivity index (χ4n) is 4.64. The van der Waals surface area contributed by atoms with E-state index in [1.807, 2.05) is 17.9 Å². The van der Waals surface area contributed by atoms with Gasteiger partial charge in [0.2, 0.25) is 0 Å². The molecular weight excluding hydrogens is 497 g/mol. The van der Waals surface area contributed by atoms with Crippen molar-refractivity contribution in [1.82, 2.24) is 9.80 Å². The van der Waals surface area contributed by atoms with Crippen LogP contribution in [-0.4, -0.2) is 54.3 Å². The number of halogens is 3. The van der Waals surface area contributed by atoms with Crippen LogP contribution in [0.3, 0.4) is 0 Å². The third kappa shape index (κ3) is 4.75. The van der Waals surface area contributed by atoms with E-state index in [0.717, 1.165) is 12.1 Å². The summed E-state index contributed by atoms with van der Waals surface area (Å²) in [6.45, 7) is 3.02. The summed E-state index contributed by atoms with van der Waals surface area (Å²) in [6, 6.07) is 16.7. The van der Waals surface area contributed by atoms with Gasteiger partial charge in [-0.1, -0.05) is 6.07 Å². The number of amidine groups is 1. The van der Waals surface area contributed by atoms with Crippen molar-refractivity contribution in [2.75, 3.05) is 26.7 Å². The van der Waals surface area contributed by atoms with Gasteiger partial charge in [0.1, 0.15) is 23.0 Å². The van der Waals surface area contributed by atoms with Crippen molar-refractivity contribution >= 4 is 17.4 Å². The molecule has 1 saturated heterocycles. The Hall–Kier alpha value is -4.52. The number of methoxy groups -OCH3 is 1. The molecule has 0 aliphatic carbocycles. The Morgan fingerprint density at radius 3 is 2.61 bits per heavy atom. The second kappa shape index (κ2) is 9.74. The number of amides is 1. The van der Waals surface area contributed by atoms with Crippen LogP contribution >= 0.6 is 0 Å². The summed E-state index contributed by atoms with van der Waals surface area (Å²) in [6.07, 6.45) is -4.53. The molecule has 3 aromatic carbocycles. The molecule has 0 saturated carbocycles. The second-order valence-corrected chi connectivity index (χ2v) is 9.07. The number of ether oxygens (including phenoxy) is 2. The van der Waals surface area contributed by atoms with Gasteiger partial charge in [0, 0.05) is 31.2 Å². The van der Waals surface area contributed by atoms with Gasteiger partial charge in [0.05, 0.1) is 29.9 Å². The van der Waals surface area contributed by atoms with E-state index in [2.05, 4.69) is 4.99 Å². The molecule has 0 aromatic heterocycles. The number of fused-ring (bicyclic) bond motifs is 2. The summed E-state index contributed by atoms with van der Waals surface area (Å²) in [5.41, 5.74) is 0.632. The maximum Gasteiger partial charge on any atom is 0.416 e. The van der Waals surface area contributed by atoms with Gasteiger partial charge in [-0.3, -0.25) is 4.79 Å². The number of rotatable bonds is 2. The van der Waals surface area contributed by atoms with Crippen LogP contribution in [0.15, 0.2) is 65.7 Å². The molecule has 38 heavy (non-hydrogen) atoms. The van der Waals surface area contributed by atoms with Gasteiger partial charge in [-0.05, 0) is 61.5 Å². The van der Waals surface area contributed by atoms with Crippen molar-refractivity contribution in [3.63, 3.8) is 0 Å². The number of hydrogen-bond donors (Lipinski definition) is 0. The first kappa shape index (κ1) is 25.1. The molecule has 194 valence electrons. The Kier molecular flexibility index (Phi) is 6.45. The van der Waals surface area contributed by atoms with Crippen molar-refractivity contribution in [3.8, 4) is 23.3 Å². The van der Waals surface area contributed by atoms with E-state index in [1.54, 1.807) is 47.4 Å². The summed E-state index contributed by atoms with van der Waals surface area (Å²) in [5.74, 6) is 1.42. The lowest BCUT2D eigenvalue weighted by atomic mass is 10.1. The van der Waals surface area contributed by atoms with E-state index in [9.17, 15) is 23.2 Å². The van der Waals surface area contributed by atoms with Crippen LogP contribution in [0.2, 0.25) is 0 Å². The number of piperazine rings is 1. The standard InChI is InChI=1S/C28H23F3N4O3/c1-17-16-34(10-11-35(17)27(36)19-5-3-4-18(12-19)15-32)26-22-14-21(37-2)7-9-24(22)38-25-8-6-20(28(29,30)31)13-23(25)33-26/h3-9,12-14,17H,10-11,16H2,1-2H3/t17-/m0/s1. The largest absolute Gasteiger partial charge is 0.497 e. The molecule has 0 N–H and O–H groups in total. The van der Waals surface area contributed by atoms with E-state index < -0.39 is 11.7 Å². The predicted molar refractivity (Wildman–Crippen MR) is 134 cm³/mol. The topological polar surface area (TPSA) is 78.2 Å². The fraction of sp³-hybridized carbons (Fsp3) is 0.250. The molecule has 1 fully saturated rings. The smallest absolute Gasteiger partial charge is 0.416 e. The van der Waals surface area contributed by atoms with E-state index in [0.29, 0.717) is 53.7 Å². The lowest BCUT2D eigenvalue weighted by Gasteiger charge is -2.41. The van der Waals surface area contributed by atoms with Gasteiger partial charge in [-0.25, -0.2) is 4.99 Å². The van der Waals surface area contributed by atoms with Gasteiger partial charge in [-0.15, -0.1) is 0 Å². The Morgan fingerprint density at radius 1 is 1.11 bits per heavy atom. The first-order valence-corrected chi connectivity index (χ1v) is 11.9. The first-order chi connectivity index (χ1) is 18.2. The maximum absolute atomic E-state index is 13.5. The predicted octanol–water partition coefficient (Wildman–Crippen LogP) is 5.62. The number of nitrogens with zero attached hydrogens (tertiary/aromatic N) is 4. The molecule has 1 atom stereocenters. The van der Waals surface area contributed by atoms with Crippen molar-refractivity contribution in [2.45, 2.75) is 19.1 Å². The zero-order valence-corrected chi connectivity index (χ0v) is 20.6. The Balaban J connectivity index is 1.50. The fourth-order valence-corrected chi connectivity index (χ4v) is 4.64. The van der Waals surface area contributed by atoms with Crippen LogP contribution in [-0.2, 0) is 6.18 Å². The van der Waals surface area contributed by atoms with Gasteiger partial charge in [-0.2, -0.15) is 18.4 Å². The number of benzene rings is 3. The van der Waals surface area contributed by atoms with E-state index in [1.165, 1.54) is 13.2 Å². The zero-order chi connectivity index (χ0) is 27.0.